The molecule has 0 spiro atoms. The molecule has 0 radical (unpaired) electrons. The highest BCUT2D eigenvalue weighted by molar-refractivity contribution is 6.39. The maximum Gasteiger partial charge on any atom is 0.0958 e. The minimum Gasteiger partial charge on any atom is -0.371 e. The number of hydrogen-bond donors (Lipinski definition) is 3. The summed E-state index contributed by atoms with van der Waals surface area (Å²) >= 11 is 11.9. The SMILES string of the molecule is C=C(NCCN)Nc1c(Cl)cccc1Cl. The van der Waals surface area contributed by atoms with E-state index in [9.17, 15) is 0 Å². The molecule has 3 nitrogen and oxygen atoms in total. The summed E-state index contributed by atoms with van der Waals surface area (Å²) in [5.74, 6) is 0.621. The molecule has 0 saturated heterocycles. The summed E-state index contributed by atoms with van der Waals surface area (Å²) in [5.41, 5.74) is 5.99. The first kappa shape index (κ1) is 12.2. The van der Waals surface area contributed by atoms with Gasteiger partial charge in [-0.25, -0.2) is 0 Å². The average molecular weight is 246 g/mol. The Labute approximate surface area is 99.2 Å². The number of anilines is 1. The maximum absolute atomic E-state index is 5.97. The van der Waals surface area contributed by atoms with Crippen LogP contribution in [0.3, 0.4) is 0 Å². The van der Waals surface area contributed by atoms with Crippen LogP contribution in [0.5, 0.6) is 0 Å². The molecule has 4 N–H and O–H groups in total. The van der Waals surface area contributed by atoms with Crippen LogP contribution in [0.15, 0.2) is 30.6 Å². The lowest BCUT2D eigenvalue weighted by molar-refractivity contribution is 0.804. The van der Waals surface area contributed by atoms with Crippen molar-refractivity contribution < 1.29 is 0 Å². The third kappa shape index (κ3) is 3.63. The van der Waals surface area contributed by atoms with E-state index in [1.54, 1.807) is 18.2 Å². The fourth-order valence-corrected chi connectivity index (χ4v) is 1.53. The summed E-state index contributed by atoms with van der Waals surface area (Å²) in [6.45, 7) is 4.96. The van der Waals surface area contributed by atoms with E-state index in [2.05, 4.69) is 17.2 Å². The van der Waals surface area contributed by atoms with Gasteiger partial charge in [-0.15, -0.1) is 0 Å². The van der Waals surface area contributed by atoms with Gasteiger partial charge in [0.15, 0.2) is 0 Å². The summed E-state index contributed by atoms with van der Waals surface area (Å²) in [6.07, 6.45) is 0. The van der Waals surface area contributed by atoms with Crippen molar-refractivity contribution in [3.63, 3.8) is 0 Å². The molecule has 0 aliphatic carbocycles. The van der Waals surface area contributed by atoms with Gasteiger partial charge in [-0.2, -0.15) is 0 Å². The van der Waals surface area contributed by atoms with Crippen LogP contribution in [0.25, 0.3) is 0 Å². The Kier molecular flexibility index (Phi) is 4.75. The number of benzene rings is 1. The zero-order valence-corrected chi connectivity index (χ0v) is 9.70. The van der Waals surface area contributed by atoms with Crippen molar-refractivity contribution >= 4 is 28.9 Å². The van der Waals surface area contributed by atoms with Gasteiger partial charge < -0.3 is 16.4 Å². The number of para-hydroxylation sites is 1. The Bertz CT molecular complexity index is 332. The van der Waals surface area contributed by atoms with Crippen molar-refractivity contribution in [3.8, 4) is 0 Å². The Morgan fingerprint density at radius 1 is 1.33 bits per heavy atom. The standard InChI is InChI=1S/C10H13Cl2N3/c1-7(14-6-5-13)15-10-8(11)3-2-4-9(10)12/h2-4,14-15H,1,5-6,13H2. The lowest BCUT2D eigenvalue weighted by atomic mass is 10.3. The molecule has 1 rings (SSSR count). The molecule has 0 amide bonds. The van der Waals surface area contributed by atoms with E-state index in [-0.39, 0.29) is 0 Å². The van der Waals surface area contributed by atoms with E-state index in [0.717, 1.165) is 0 Å². The third-order valence-electron chi connectivity index (χ3n) is 1.72. The highest BCUT2D eigenvalue weighted by Gasteiger charge is 2.05. The molecule has 0 aromatic heterocycles. The third-order valence-corrected chi connectivity index (χ3v) is 2.35. The molecular weight excluding hydrogens is 233 g/mol. The smallest absolute Gasteiger partial charge is 0.0958 e. The molecule has 0 unspecified atom stereocenters. The molecule has 82 valence electrons. The molecule has 0 saturated carbocycles. The normalized spacial score (nSPS) is 9.80. The van der Waals surface area contributed by atoms with Crippen molar-refractivity contribution in [3.05, 3.63) is 40.6 Å². The molecule has 1 aromatic rings. The predicted octanol–water partition coefficient (Wildman–Crippen LogP) is 2.42. The number of halogens is 2. The molecule has 1 aromatic carbocycles. The first-order chi connectivity index (χ1) is 7.15. The van der Waals surface area contributed by atoms with E-state index < -0.39 is 0 Å². The summed E-state index contributed by atoms with van der Waals surface area (Å²) in [5, 5.41) is 7.08. The van der Waals surface area contributed by atoms with Crippen LogP contribution in [0.2, 0.25) is 10.0 Å². The van der Waals surface area contributed by atoms with E-state index in [4.69, 9.17) is 28.9 Å². The first-order valence-electron chi connectivity index (χ1n) is 4.49. The number of rotatable bonds is 5. The molecule has 5 heteroatoms. The Morgan fingerprint density at radius 3 is 2.47 bits per heavy atom. The zero-order valence-electron chi connectivity index (χ0n) is 8.19. The van der Waals surface area contributed by atoms with Gasteiger partial charge in [0.05, 0.1) is 21.6 Å². The van der Waals surface area contributed by atoms with Gasteiger partial charge in [0.1, 0.15) is 0 Å². The van der Waals surface area contributed by atoms with Crippen molar-refractivity contribution in [1.29, 1.82) is 0 Å². The fraction of sp³-hybridized carbons (Fsp3) is 0.200. The van der Waals surface area contributed by atoms with Gasteiger partial charge in [-0.05, 0) is 12.1 Å². The number of nitrogens with two attached hydrogens (primary N) is 1. The van der Waals surface area contributed by atoms with Crippen molar-refractivity contribution in [2.45, 2.75) is 0 Å². The Morgan fingerprint density at radius 2 is 1.93 bits per heavy atom. The second-order valence-electron chi connectivity index (χ2n) is 2.92. The summed E-state index contributed by atoms with van der Waals surface area (Å²) < 4.78 is 0. The quantitative estimate of drug-likeness (QED) is 0.747. The van der Waals surface area contributed by atoms with Gasteiger partial charge in [-0.3, -0.25) is 0 Å². The lowest BCUT2D eigenvalue weighted by Gasteiger charge is -2.13. The predicted molar refractivity (Wildman–Crippen MR) is 66.3 cm³/mol. The molecule has 0 aliphatic heterocycles. The van der Waals surface area contributed by atoms with Gasteiger partial charge in [-0.1, -0.05) is 35.8 Å². The van der Waals surface area contributed by atoms with Gasteiger partial charge >= 0.3 is 0 Å². The van der Waals surface area contributed by atoms with E-state index in [0.29, 0.717) is 34.6 Å². The van der Waals surface area contributed by atoms with E-state index >= 15 is 0 Å². The van der Waals surface area contributed by atoms with Crippen LogP contribution in [0.4, 0.5) is 5.69 Å². The summed E-state index contributed by atoms with van der Waals surface area (Å²) in [6, 6.07) is 5.30. The van der Waals surface area contributed by atoms with Crippen molar-refractivity contribution in [1.82, 2.24) is 5.32 Å². The molecule has 0 aliphatic rings. The van der Waals surface area contributed by atoms with Crippen LogP contribution in [-0.4, -0.2) is 13.1 Å². The topological polar surface area (TPSA) is 50.1 Å². The van der Waals surface area contributed by atoms with Crippen molar-refractivity contribution in [2.75, 3.05) is 18.4 Å². The second kappa shape index (κ2) is 5.85. The monoisotopic (exact) mass is 245 g/mol. The Hall–Kier alpha value is -0.900. The van der Waals surface area contributed by atoms with Gasteiger partial charge in [0.25, 0.3) is 0 Å². The number of hydrogen-bond acceptors (Lipinski definition) is 3. The van der Waals surface area contributed by atoms with Crippen molar-refractivity contribution in [2.24, 2.45) is 5.73 Å². The van der Waals surface area contributed by atoms with Gasteiger partial charge in [0, 0.05) is 13.1 Å². The highest BCUT2D eigenvalue weighted by Crippen LogP contribution is 2.30. The Balaban J connectivity index is 2.68. The van der Waals surface area contributed by atoms with Crippen LogP contribution < -0.4 is 16.4 Å². The minimum absolute atomic E-state index is 0.539. The molecule has 0 bridgehead atoms. The average Bonchev–Trinajstić information content (AvgIpc) is 2.21. The summed E-state index contributed by atoms with van der Waals surface area (Å²) in [4.78, 5) is 0. The van der Waals surface area contributed by atoms with Gasteiger partial charge in [0.2, 0.25) is 0 Å². The molecule has 0 heterocycles. The summed E-state index contributed by atoms with van der Waals surface area (Å²) in [7, 11) is 0. The highest BCUT2D eigenvalue weighted by atomic mass is 35.5. The number of nitrogens with one attached hydrogen (secondary N) is 2. The largest absolute Gasteiger partial charge is 0.371 e. The molecule has 0 atom stereocenters. The van der Waals surface area contributed by atoms with E-state index in [1.165, 1.54) is 0 Å². The van der Waals surface area contributed by atoms with E-state index in [1.807, 2.05) is 0 Å². The molecule has 0 fully saturated rings. The fourth-order valence-electron chi connectivity index (χ4n) is 1.04. The zero-order chi connectivity index (χ0) is 11.3. The van der Waals surface area contributed by atoms with Crippen LogP contribution in [0, 0.1) is 0 Å². The van der Waals surface area contributed by atoms with Crippen LogP contribution in [0.1, 0.15) is 0 Å². The van der Waals surface area contributed by atoms with Crippen LogP contribution in [-0.2, 0) is 0 Å². The first-order valence-corrected chi connectivity index (χ1v) is 5.24. The van der Waals surface area contributed by atoms with Crippen LogP contribution >= 0.6 is 23.2 Å². The molecule has 15 heavy (non-hydrogen) atoms. The lowest BCUT2D eigenvalue weighted by Crippen LogP contribution is -2.25. The minimum atomic E-state index is 0.539. The molecular formula is C10H13Cl2N3. The second-order valence-corrected chi connectivity index (χ2v) is 3.73. The maximum atomic E-state index is 5.97.